The molecule has 0 bridgehead atoms. The zero-order valence-corrected chi connectivity index (χ0v) is 21.6. The van der Waals surface area contributed by atoms with Crippen molar-refractivity contribution < 1.29 is 9.53 Å². The third-order valence-electron chi connectivity index (χ3n) is 10.3. The van der Waals surface area contributed by atoms with E-state index in [1.165, 1.54) is 25.7 Å². The van der Waals surface area contributed by atoms with Gasteiger partial charge in [0, 0.05) is 6.92 Å². The van der Waals surface area contributed by atoms with Gasteiger partial charge in [-0.15, -0.1) is 0 Å². The highest BCUT2D eigenvalue weighted by Gasteiger charge is 2.55. The lowest BCUT2D eigenvalue weighted by atomic mass is 9.52. The number of carbonyl (C=O) groups is 1. The predicted octanol–water partition coefficient (Wildman–Crippen LogP) is 7.90. The van der Waals surface area contributed by atoms with Crippen LogP contribution in [0.2, 0.25) is 0 Å². The Morgan fingerprint density at radius 2 is 1.84 bits per heavy atom. The fraction of sp³-hybridized carbons (Fsp3) is 0.767. The Kier molecular flexibility index (Phi) is 6.56. The van der Waals surface area contributed by atoms with Gasteiger partial charge in [-0.3, -0.25) is 4.79 Å². The maximum Gasteiger partial charge on any atom is 0.302 e. The molecule has 0 aliphatic heterocycles. The Morgan fingerprint density at radius 1 is 1.09 bits per heavy atom. The summed E-state index contributed by atoms with van der Waals surface area (Å²) < 4.78 is 5.61. The zero-order valence-electron chi connectivity index (χ0n) is 21.6. The second kappa shape index (κ2) is 8.80. The van der Waals surface area contributed by atoms with Crippen molar-refractivity contribution in [1.29, 1.82) is 0 Å². The summed E-state index contributed by atoms with van der Waals surface area (Å²) >= 11 is 0. The summed E-state index contributed by atoms with van der Waals surface area (Å²) in [5.41, 5.74) is 4.13. The number of hydrogen-bond donors (Lipinski definition) is 0. The lowest BCUT2D eigenvalue weighted by molar-refractivity contribution is -0.149. The van der Waals surface area contributed by atoms with E-state index >= 15 is 0 Å². The maximum absolute atomic E-state index is 11.5. The summed E-state index contributed by atoms with van der Waals surface area (Å²) in [6.45, 7) is 16.1. The van der Waals surface area contributed by atoms with Crippen molar-refractivity contribution >= 4 is 5.97 Å². The molecule has 8 atom stereocenters. The second-order valence-electron chi connectivity index (χ2n) is 12.4. The number of esters is 1. The molecule has 2 nitrogen and oxygen atoms in total. The maximum atomic E-state index is 11.5. The predicted molar refractivity (Wildman–Crippen MR) is 133 cm³/mol. The lowest BCUT2D eigenvalue weighted by Gasteiger charge is -2.53. The molecule has 4 aliphatic rings. The fourth-order valence-corrected chi connectivity index (χ4v) is 7.82. The average molecular weight is 439 g/mol. The molecular formula is C30H46O2. The molecule has 0 heterocycles. The number of rotatable bonds is 5. The van der Waals surface area contributed by atoms with E-state index in [0.29, 0.717) is 29.1 Å². The quantitative estimate of drug-likeness (QED) is 0.322. The fourth-order valence-electron chi connectivity index (χ4n) is 7.82. The first kappa shape index (κ1) is 23.8. The number of allylic oxidation sites excluding steroid dienone is 6. The Hall–Kier alpha value is -1.31. The van der Waals surface area contributed by atoms with Gasteiger partial charge in [0.15, 0.2) is 0 Å². The molecule has 0 aromatic heterocycles. The molecule has 4 aliphatic carbocycles. The normalized spacial score (nSPS) is 40.8. The molecule has 0 aromatic carbocycles. The van der Waals surface area contributed by atoms with Gasteiger partial charge in [-0.1, -0.05) is 71.4 Å². The van der Waals surface area contributed by atoms with Gasteiger partial charge in [0.25, 0.3) is 0 Å². The molecular weight excluding hydrogens is 392 g/mol. The van der Waals surface area contributed by atoms with Gasteiger partial charge in [-0.05, 0) is 96.9 Å². The molecule has 0 spiro atoms. The van der Waals surface area contributed by atoms with E-state index < -0.39 is 0 Å². The van der Waals surface area contributed by atoms with Crippen molar-refractivity contribution in [1.82, 2.24) is 0 Å². The van der Waals surface area contributed by atoms with Crippen LogP contribution in [0.15, 0.2) is 35.5 Å². The van der Waals surface area contributed by atoms with Crippen molar-refractivity contribution in [2.45, 2.75) is 99.5 Å². The Morgan fingerprint density at radius 3 is 2.53 bits per heavy atom. The van der Waals surface area contributed by atoms with Gasteiger partial charge in [-0.25, -0.2) is 0 Å². The number of carbonyl (C=O) groups excluding carboxylic acids is 1. The van der Waals surface area contributed by atoms with Crippen LogP contribution in [0.5, 0.6) is 0 Å². The number of fused-ring (bicyclic) bond motifs is 4. The molecule has 0 amide bonds. The molecule has 0 radical (unpaired) electrons. The Bertz CT molecular complexity index is 817. The van der Waals surface area contributed by atoms with Crippen molar-refractivity contribution in [2.75, 3.05) is 0 Å². The van der Waals surface area contributed by atoms with E-state index in [-0.39, 0.29) is 17.5 Å². The van der Waals surface area contributed by atoms with Crippen molar-refractivity contribution in [3.8, 4) is 0 Å². The smallest absolute Gasteiger partial charge is 0.302 e. The summed E-state index contributed by atoms with van der Waals surface area (Å²) in [4.78, 5) is 11.5. The summed E-state index contributed by atoms with van der Waals surface area (Å²) in [5, 5.41) is 0. The van der Waals surface area contributed by atoms with Crippen molar-refractivity contribution in [2.24, 2.45) is 46.3 Å². The van der Waals surface area contributed by atoms with Crippen LogP contribution in [0.3, 0.4) is 0 Å². The van der Waals surface area contributed by atoms with E-state index in [1.54, 1.807) is 18.1 Å². The molecule has 2 fully saturated rings. The molecule has 178 valence electrons. The van der Waals surface area contributed by atoms with Crippen molar-refractivity contribution in [3.63, 3.8) is 0 Å². The summed E-state index contributed by atoms with van der Waals surface area (Å²) in [6.07, 6.45) is 18.6. The molecule has 0 N–H and O–H groups in total. The lowest BCUT2D eigenvalue weighted by Crippen LogP contribution is -2.44. The van der Waals surface area contributed by atoms with Crippen LogP contribution >= 0.6 is 0 Å². The Balaban J connectivity index is 1.53. The van der Waals surface area contributed by atoms with Gasteiger partial charge in [0.1, 0.15) is 6.10 Å². The zero-order chi connectivity index (χ0) is 23.3. The van der Waals surface area contributed by atoms with E-state index in [1.807, 2.05) is 0 Å². The van der Waals surface area contributed by atoms with Crippen LogP contribution in [0.4, 0.5) is 0 Å². The monoisotopic (exact) mass is 438 g/mol. The molecule has 32 heavy (non-hydrogen) atoms. The largest absolute Gasteiger partial charge is 0.463 e. The highest BCUT2D eigenvalue weighted by atomic mass is 16.5. The highest BCUT2D eigenvalue weighted by molar-refractivity contribution is 5.66. The number of ether oxygens (including phenoxy) is 1. The SMILES string of the molecule is CC(=O)O[C@H]1CC[C@]2(C)C3=C(C=C[C@H]2C1)[C@@H]1CC[C@H]([C@H](C)C=CC(C)C(C)C)[C@@]1(C)CC3. The molecule has 2 heteroatoms. The topological polar surface area (TPSA) is 26.3 Å². The third kappa shape index (κ3) is 4.05. The van der Waals surface area contributed by atoms with E-state index in [9.17, 15) is 4.79 Å². The summed E-state index contributed by atoms with van der Waals surface area (Å²) in [6, 6.07) is 0. The van der Waals surface area contributed by atoms with Crippen LogP contribution in [0.25, 0.3) is 0 Å². The summed E-state index contributed by atoms with van der Waals surface area (Å²) in [7, 11) is 0. The minimum absolute atomic E-state index is 0.1000. The summed E-state index contributed by atoms with van der Waals surface area (Å²) in [5.74, 6) is 3.91. The van der Waals surface area contributed by atoms with Gasteiger partial charge in [-0.2, -0.15) is 0 Å². The molecule has 4 rings (SSSR count). The second-order valence-corrected chi connectivity index (χ2v) is 12.4. The van der Waals surface area contributed by atoms with Crippen molar-refractivity contribution in [3.05, 3.63) is 35.5 Å². The highest BCUT2D eigenvalue weighted by Crippen LogP contribution is 2.64. The molecule has 0 aromatic rings. The van der Waals surface area contributed by atoms with E-state index in [4.69, 9.17) is 4.74 Å². The van der Waals surface area contributed by atoms with Gasteiger partial charge in [0.2, 0.25) is 0 Å². The van der Waals surface area contributed by atoms with Crippen LogP contribution < -0.4 is 0 Å². The van der Waals surface area contributed by atoms with E-state index in [0.717, 1.165) is 31.1 Å². The first-order valence-corrected chi connectivity index (χ1v) is 13.3. The minimum Gasteiger partial charge on any atom is -0.463 e. The van der Waals surface area contributed by atoms with Crippen LogP contribution in [-0.4, -0.2) is 12.1 Å². The molecule has 0 saturated heterocycles. The van der Waals surface area contributed by atoms with Gasteiger partial charge >= 0.3 is 5.97 Å². The van der Waals surface area contributed by atoms with Crippen LogP contribution in [0, 0.1) is 46.3 Å². The molecule has 2 saturated carbocycles. The standard InChI is InChI=1S/C30H46O2/c1-19(2)20(3)8-9-21(4)26-12-13-27-25-11-10-23-18-24(32-22(5)31)14-16-29(23,6)28(25)15-17-30(26,27)7/h8-11,19-21,23-24,26-27H,12-18H2,1-7H3/t20?,21-,23+,24+,26-,27+,29+,30-/m1/s1. The van der Waals surface area contributed by atoms with Crippen LogP contribution in [0.1, 0.15) is 93.4 Å². The average Bonchev–Trinajstić information content (AvgIpc) is 3.08. The minimum atomic E-state index is -0.130. The Labute approximate surface area is 197 Å². The van der Waals surface area contributed by atoms with Crippen LogP contribution in [-0.2, 0) is 9.53 Å². The van der Waals surface area contributed by atoms with Gasteiger partial charge in [0.05, 0.1) is 0 Å². The first-order chi connectivity index (χ1) is 15.1. The van der Waals surface area contributed by atoms with Gasteiger partial charge < -0.3 is 4.74 Å². The third-order valence-corrected chi connectivity index (χ3v) is 10.3. The first-order valence-electron chi connectivity index (χ1n) is 13.3. The molecule has 1 unspecified atom stereocenters. The van der Waals surface area contributed by atoms with E-state index in [2.05, 4.69) is 65.8 Å². The number of hydrogen-bond acceptors (Lipinski definition) is 2.